The van der Waals surface area contributed by atoms with Gasteiger partial charge in [-0.3, -0.25) is 4.79 Å². The highest BCUT2D eigenvalue weighted by Crippen LogP contribution is 2.32. The second-order valence-corrected chi connectivity index (χ2v) is 8.31. The zero-order valence-corrected chi connectivity index (χ0v) is 17.8. The van der Waals surface area contributed by atoms with Gasteiger partial charge in [0.05, 0.1) is 24.6 Å². The van der Waals surface area contributed by atoms with E-state index in [0.29, 0.717) is 24.1 Å². The first-order valence-corrected chi connectivity index (χ1v) is 11.0. The zero-order chi connectivity index (χ0) is 20.2. The minimum absolute atomic E-state index is 0.0208. The Morgan fingerprint density at radius 2 is 1.93 bits per heavy atom. The predicted octanol–water partition coefficient (Wildman–Crippen LogP) is 2.91. The molecule has 0 spiro atoms. The number of ether oxygens (including phenoxy) is 2. The number of nitrogens with zero attached hydrogens (tertiary/aromatic N) is 3. The molecule has 1 amide bonds. The summed E-state index contributed by atoms with van der Waals surface area (Å²) in [6.07, 6.45) is 2.14. The number of hydrogen-bond donors (Lipinski definition) is 1. The Kier molecular flexibility index (Phi) is 6.20. The number of benzene rings is 1. The maximum absolute atomic E-state index is 12.6. The summed E-state index contributed by atoms with van der Waals surface area (Å²) in [6.45, 7) is 6.48. The van der Waals surface area contributed by atoms with Gasteiger partial charge in [-0.1, -0.05) is 23.5 Å². The smallest absolute Gasteiger partial charge is 0.263 e. The molecule has 29 heavy (non-hydrogen) atoms. The molecule has 2 heterocycles. The fourth-order valence-corrected chi connectivity index (χ4v) is 4.52. The lowest BCUT2D eigenvalue weighted by Gasteiger charge is -2.36. The summed E-state index contributed by atoms with van der Waals surface area (Å²) in [5.41, 5.74) is 1.87. The fourth-order valence-electron chi connectivity index (χ4n) is 3.50. The molecule has 1 aromatic carbocycles. The quantitative estimate of drug-likeness (QED) is 0.714. The Balaban J connectivity index is 1.45. The summed E-state index contributed by atoms with van der Waals surface area (Å²) in [7, 11) is 1.64. The standard InChI is InChI=1S/C21H28N4O3S/c1-3-28-18-7-5-4-6-17(18)24-10-12-25(13-11-24)21-23-16(14-27-2)19(29-21)20(26)22-15-8-9-15/h4-7,15H,3,8-14H2,1-2H3,(H,22,26). The molecule has 0 bridgehead atoms. The normalized spacial score (nSPS) is 16.8. The Labute approximate surface area is 175 Å². The number of thiazole rings is 1. The minimum Gasteiger partial charge on any atom is -0.492 e. The largest absolute Gasteiger partial charge is 0.492 e. The van der Waals surface area contributed by atoms with E-state index in [2.05, 4.69) is 21.2 Å². The van der Waals surface area contributed by atoms with E-state index in [0.717, 1.165) is 61.3 Å². The predicted molar refractivity (Wildman–Crippen MR) is 115 cm³/mol. The SMILES string of the molecule is CCOc1ccccc1N1CCN(c2nc(COC)c(C(=O)NC3CC3)s2)CC1. The van der Waals surface area contributed by atoms with Crippen molar-refractivity contribution in [3.05, 3.63) is 34.8 Å². The van der Waals surface area contributed by atoms with Crippen molar-refractivity contribution >= 4 is 28.1 Å². The van der Waals surface area contributed by atoms with Crippen LogP contribution in [0.4, 0.5) is 10.8 Å². The number of para-hydroxylation sites is 2. The van der Waals surface area contributed by atoms with E-state index in [9.17, 15) is 4.79 Å². The maximum atomic E-state index is 12.6. The lowest BCUT2D eigenvalue weighted by Crippen LogP contribution is -2.46. The summed E-state index contributed by atoms with van der Waals surface area (Å²) in [5.74, 6) is 0.909. The Hall–Kier alpha value is -2.32. The number of aromatic nitrogens is 1. The number of anilines is 2. The third-order valence-electron chi connectivity index (χ3n) is 5.14. The first kappa shape index (κ1) is 20.0. The van der Waals surface area contributed by atoms with Crippen LogP contribution in [0.15, 0.2) is 24.3 Å². The molecule has 1 saturated heterocycles. The summed E-state index contributed by atoms with van der Waals surface area (Å²) in [4.78, 5) is 22.6. The third-order valence-corrected chi connectivity index (χ3v) is 6.30. The molecule has 1 aliphatic carbocycles. The van der Waals surface area contributed by atoms with Crippen molar-refractivity contribution in [1.82, 2.24) is 10.3 Å². The Bertz CT molecular complexity index is 844. The maximum Gasteiger partial charge on any atom is 0.263 e. The number of hydrogen-bond acceptors (Lipinski definition) is 7. The lowest BCUT2D eigenvalue weighted by molar-refractivity contribution is 0.0950. The van der Waals surface area contributed by atoms with Crippen LogP contribution in [0.25, 0.3) is 0 Å². The molecule has 8 heteroatoms. The van der Waals surface area contributed by atoms with Gasteiger partial charge in [0.25, 0.3) is 5.91 Å². The monoisotopic (exact) mass is 416 g/mol. The number of nitrogens with one attached hydrogen (secondary N) is 1. The van der Waals surface area contributed by atoms with Crippen LogP contribution < -0.4 is 19.9 Å². The number of rotatable bonds is 8. The minimum atomic E-state index is -0.0208. The Morgan fingerprint density at radius 1 is 1.21 bits per heavy atom. The summed E-state index contributed by atoms with van der Waals surface area (Å²) < 4.78 is 11.1. The van der Waals surface area contributed by atoms with Crippen molar-refractivity contribution in [2.24, 2.45) is 0 Å². The molecule has 1 aliphatic heterocycles. The van der Waals surface area contributed by atoms with Gasteiger partial charge in [0, 0.05) is 39.3 Å². The highest BCUT2D eigenvalue weighted by Gasteiger charge is 2.28. The average Bonchev–Trinajstić information content (AvgIpc) is 3.45. The molecule has 1 aromatic heterocycles. The van der Waals surface area contributed by atoms with Crippen LogP contribution in [0.1, 0.15) is 35.1 Å². The van der Waals surface area contributed by atoms with Crippen molar-refractivity contribution < 1.29 is 14.3 Å². The van der Waals surface area contributed by atoms with E-state index in [4.69, 9.17) is 14.5 Å². The zero-order valence-electron chi connectivity index (χ0n) is 17.0. The molecule has 2 aliphatic rings. The van der Waals surface area contributed by atoms with Crippen LogP contribution >= 0.6 is 11.3 Å². The number of piperazine rings is 1. The highest BCUT2D eigenvalue weighted by molar-refractivity contribution is 7.17. The summed E-state index contributed by atoms with van der Waals surface area (Å²) in [5, 5.41) is 3.97. The van der Waals surface area contributed by atoms with Crippen molar-refractivity contribution in [1.29, 1.82) is 0 Å². The molecule has 2 aromatic rings. The molecular weight excluding hydrogens is 388 g/mol. The third kappa shape index (κ3) is 4.64. The molecule has 1 saturated carbocycles. The first-order chi connectivity index (χ1) is 14.2. The van der Waals surface area contributed by atoms with Crippen LogP contribution in [0, 0.1) is 0 Å². The van der Waals surface area contributed by atoms with Gasteiger partial charge in [-0.05, 0) is 31.9 Å². The van der Waals surface area contributed by atoms with Gasteiger partial charge < -0.3 is 24.6 Å². The van der Waals surface area contributed by atoms with Gasteiger partial charge in [-0.25, -0.2) is 4.98 Å². The van der Waals surface area contributed by atoms with E-state index in [1.165, 1.54) is 11.3 Å². The van der Waals surface area contributed by atoms with Gasteiger partial charge in [-0.15, -0.1) is 0 Å². The number of carbonyl (C=O) groups is 1. The van der Waals surface area contributed by atoms with E-state index in [1.54, 1.807) is 7.11 Å². The van der Waals surface area contributed by atoms with Gasteiger partial charge in [-0.2, -0.15) is 0 Å². The van der Waals surface area contributed by atoms with Gasteiger partial charge in [0.1, 0.15) is 10.6 Å². The first-order valence-electron chi connectivity index (χ1n) is 10.2. The van der Waals surface area contributed by atoms with Crippen LogP contribution in [0.2, 0.25) is 0 Å². The van der Waals surface area contributed by atoms with Crippen molar-refractivity contribution in [3.63, 3.8) is 0 Å². The Morgan fingerprint density at radius 3 is 2.62 bits per heavy atom. The lowest BCUT2D eigenvalue weighted by atomic mass is 10.2. The molecule has 0 radical (unpaired) electrons. The van der Waals surface area contributed by atoms with Gasteiger partial charge >= 0.3 is 0 Å². The van der Waals surface area contributed by atoms with Crippen molar-refractivity contribution in [3.8, 4) is 5.75 Å². The number of carbonyl (C=O) groups excluding carboxylic acids is 1. The second-order valence-electron chi connectivity index (χ2n) is 7.33. The highest BCUT2D eigenvalue weighted by atomic mass is 32.1. The van der Waals surface area contributed by atoms with Gasteiger partial charge in [0.2, 0.25) is 0 Å². The van der Waals surface area contributed by atoms with Crippen LogP contribution in [0.5, 0.6) is 5.75 Å². The molecule has 0 atom stereocenters. The molecule has 4 rings (SSSR count). The van der Waals surface area contributed by atoms with Crippen LogP contribution in [-0.4, -0.2) is 56.8 Å². The van der Waals surface area contributed by atoms with Crippen molar-refractivity contribution in [2.75, 3.05) is 49.7 Å². The summed E-state index contributed by atoms with van der Waals surface area (Å²) in [6, 6.07) is 8.52. The summed E-state index contributed by atoms with van der Waals surface area (Å²) >= 11 is 1.47. The molecule has 2 fully saturated rings. The average molecular weight is 417 g/mol. The fraction of sp³-hybridized carbons (Fsp3) is 0.524. The number of methoxy groups -OCH3 is 1. The van der Waals surface area contributed by atoms with E-state index in [1.807, 2.05) is 25.1 Å². The van der Waals surface area contributed by atoms with E-state index in [-0.39, 0.29) is 5.91 Å². The topological polar surface area (TPSA) is 66.9 Å². The van der Waals surface area contributed by atoms with E-state index < -0.39 is 0 Å². The molecule has 1 N–H and O–H groups in total. The number of amides is 1. The van der Waals surface area contributed by atoms with Gasteiger partial charge in [0.15, 0.2) is 5.13 Å². The second kappa shape index (κ2) is 9.00. The van der Waals surface area contributed by atoms with E-state index >= 15 is 0 Å². The molecule has 7 nitrogen and oxygen atoms in total. The molecular formula is C21H28N4O3S. The van der Waals surface area contributed by atoms with Crippen LogP contribution in [0.3, 0.4) is 0 Å². The molecule has 156 valence electrons. The van der Waals surface area contributed by atoms with Crippen molar-refractivity contribution in [2.45, 2.75) is 32.4 Å². The van der Waals surface area contributed by atoms with Crippen LogP contribution in [-0.2, 0) is 11.3 Å². The molecule has 0 unspecified atom stereocenters.